The molecule has 1 aromatic carbocycles. The number of hydrogen-bond acceptors (Lipinski definition) is 4. The first-order valence-corrected chi connectivity index (χ1v) is 8.69. The van der Waals surface area contributed by atoms with Crippen LogP contribution in [0.25, 0.3) is 0 Å². The van der Waals surface area contributed by atoms with Gasteiger partial charge in [-0.1, -0.05) is 30.3 Å². The fraction of sp³-hybridized carbons (Fsp3) is 0.400. The van der Waals surface area contributed by atoms with Crippen LogP contribution in [0.1, 0.15) is 36.2 Å². The van der Waals surface area contributed by atoms with Gasteiger partial charge in [0.05, 0.1) is 13.2 Å². The van der Waals surface area contributed by atoms with E-state index >= 15 is 0 Å². The van der Waals surface area contributed by atoms with Gasteiger partial charge in [-0.05, 0) is 25.5 Å². The topological polar surface area (TPSA) is 51.7 Å². The van der Waals surface area contributed by atoms with Crippen molar-refractivity contribution in [3.05, 3.63) is 59.8 Å². The van der Waals surface area contributed by atoms with Crippen LogP contribution in [0.5, 0.6) is 5.88 Å². The molecular formula is C20H24N2O3. The molecule has 1 saturated heterocycles. The SMILES string of the molecule is CC(C)N(Cc1ccccc1)C(=O)c1ccnc(OC2CCOC2)c1. The summed E-state index contributed by atoms with van der Waals surface area (Å²) >= 11 is 0. The molecule has 1 unspecified atom stereocenters. The van der Waals surface area contributed by atoms with Gasteiger partial charge in [0.15, 0.2) is 0 Å². The number of aromatic nitrogens is 1. The summed E-state index contributed by atoms with van der Waals surface area (Å²) in [4.78, 5) is 19.1. The summed E-state index contributed by atoms with van der Waals surface area (Å²) < 4.78 is 11.1. The average Bonchev–Trinajstić information content (AvgIpc) is 3.13. The maximum atomic E-state index is 13.0. The van der Waals surface area contributed by atoms with Crippen LogP contribution in [0.4, 0.5) is 0 Å². The van der Waals surface area contributed by atoms with Crippen LogP contribution in [0, 0.1) is 0 Å². The molecule has 2 heterocycles. The second-order valence-electron chi connectivity index (χ2n) is 6.50. The van der Waals surface area contributed by atoms with Crippen molar-refractivity contribution in [2.24, 2.45) is 0 Å². The van der Waals surface area contributed by atoms with Crippen molar-refractivity contribution in [1.29, 1.82) is 0 Å². The van der Waals surface area contributed by atoms with Crippen molar-refractivity contribution in [3.8, 4) is 5.88 Å². The van der Waals surface area contributed by atoms with Gasteiger partial charge in [-0.25, -0.2) is 4.98 Å². The Bertz CT molecular complexity index is 697. The lowest BCUT2D eigenvalue weighted by Gasteiger charge is -2.27. The fourth-order valence-corrected chi connectivity index (χ4v) is 2.82. The fourth-order valence-electron chi connectivity index (χ4n) is 2.82. The van der Waals surface area contributed by atoms with Crippen molar-refractivity contribution in [2.45, 2.75) is 39.0 Å². The number of pyridine rings is 1. The van der Waals surface area contributed by atoms with E-state index in [4.69, 9.17) is 9.47 Å². The minimum absolute atomic E-state index is 0.0170. The average molecular weight is 340 g/mol. The molecule has 3 rings (SSSR count). The minimum Gasteiger partial charge on any atom is -0.472 e. The minimum atomic E-state index is -0.0197. The lowest BCUT2D eigenvalue weighted by Crippen LogP contribution is -2.36. The first kappa shape index (κ1) is 17.4. The molecule has 25 heavy (non-hydrogen) atoms. The Hall–Kier alpha value is -2.40. The zero-order valence-electron chi connectivity index (χ0n) is 14.7. The van der Waals surface area contributed by atoms with Crippen LogP contribution in [0.2, 0.25) is 0 Å². The summed E-state index contributed by atoms with van der Waals surface area (Å²) in [5.41, 5.74) is 1.70. The quantitative estimate of drug-likeness (QED) is 0.810. The third kappa shape index (κ3) is 4.57. The molecule has 0 bridgehead atoms. The number of nitrogens with zero attached hydrogens (tertiary/aromatic N) is 2. The number of carbonyl (C=O) groups excluding carboxylic acids is 1. The van der Waals surface area contributed by atoms with E-state index in [9.17, 15) is 4.79 Å². The molecule has 0 saturated carbocycles. The Morgan fingerprint density at radius 3 is 2.80 bits per heavy atom. The van der Waals surface area contributed by atoms with Crippen molar-refractivity contribution < 1.29 is 14.3 Å². The highest BCUT2D eigenvalue weighted by Gasteiger charge is 2.21. The van der Waals surface area contributed by atoms with Gasteiger partial charge in [-0.3, -0.25) is 4.79 Å². The number of hydrogen-bond donors (Lipinski definition) is 0. The Labute approximate surface area is 148 Å². The second-order valence-corrected chi connectivity index (χ2v) is 6.50. The molecule has 1 amide bonds. The molecule has 1 aliphatic rings. The lowest BCUT2D eigenvalue weighted by molar-refractivity contribution is 0.0689. The molecule has 1 atom stereocenters. The van der Waals surface area contributed by atoms with Gasteiger partial charge in [-0.15, -0.1) is 0 Å². The first-order chi connectivity index (χ1) is 12.1. The Morgan fingerprint density at radius 2 is 2.12 bits per heavy atom. The maximum Gasteiger partial charge on any atom is 0.254 e. The van der Waals surface area contributed by atoms with Crippen molar-refractivity contribution in [2.75, 3.05) is 13.2 Å². The predicted octanol–water partition coefficient (Wildman–Crippen LogP) is 3.30. The van der Waals surface area contributed by atoms with Gasteiger partial charge in [0, 0.05) is 36.8 Å². The van der Waals surface area contributed by atoms with Gasteiger partial charge < -0.3 is 14.4 Å². The molecule has 0 spiro atoms. The molecule has 0 N–H and O–H groups in total. The molecule has 5 nitrogen and oxygen atoms in total. The van der Waals surface area contributed by atoms with Crippen LogP contribution in [-0.4, -0.2) is 41.2 Å². The number of ether oxygens (including phenoxy) is 2. The van der Waals surface area contributed by atoms with Crippen LogP contribution in [-0.2, 0) is 11.3 Å². The molecule has 1 aromatic heterocycles. The Kier molecular flexibility index (Phi) is 5.66. The van der Waals surface area contributed by atoms with E-state index in [2.05, 4.69) is 4.98 Å². The summed E-state index contributed by atoms with van der Waals surface area (Å²) in [5, 5.41) is 0. The number of benzene rings is 1. The third-order valence-corrected chi connectivity index (χ3v) is 4.24. The van der Waals surface area contributed by atoms with Gasteiger partial charge >= 0.3 is 0 Å². The maximum absolute atomic E-state index is 13.0. The van der Waals surface area contributed by atoms with E-state index in [1.54, 1.807) is 18.3 Å². The predicted molar refractivity (Wildman–Crippen MR) is 95.5 cm³/mol. The standard InChI is InChI=1S/C20H24N2O3/c1-15(2)22(13-16-6-4-3-5-7-16)20(23)17-8-10-21-19(12-17)25-18-9-11-24-14-18/h3-8,10,12,15,18H,9,11,13-14H2,1-2H3. The number of rotatable bonds is 6. The highest BCUT2D eigenvalue weighted by molar-refractivity contribution is 5.94. The van der Waals surface area contributed by atoms with Crippen LogP contribution in [0.3, 0.4) is 0 Å². The molecular weight excluding hydrogens is 316 g/mol. The van der Waals surface area contributed by atoms with Gasteiger partial charge in [0.25, 0.3) is 5.91 Å². The molecule has 2 aromatic rings. The normalized spacial score (nSPS) is 16.8. The van der Waals surface area contributed by atoms with Crippen molar-refractivity contribution >= 4 is 5.91 Å². The van der Waals surface area contributed by atoms with Gasteiger partial charge in [0.2, 0.25) is 5.88 Å². The second kappa shape index (κ2) is 8.12. The van der Waals surface area contributed by atoms with E-state index < -0.39 is 0 Å². The van der Waals surface area contributed by atoms with E-state index in [1.165, 1.54) is 0 Å². The van der Waals surface area contributed by atoms with E-state index in [0.717, 1.165) is 12.0 Å². The van der Waals surface area contributed by atoms with Crippen molar-refractivity contribution in [1.82, 2.24) is 9.88 Å². The number of amides is 1. The van der Waals surface area contributed by atoms with Crippen LogP contribution >= 0.6 is 0 Å². The molecule has 0 aliphatic carbocycles. The summed E-state index contributed by atoms with van der Waals surface area (Å²) in [6, 6.07) is 13.6. The van der Waals surface area contributed by atoms with Crippen LogP contribution in [0.15, 0.2) is 48.7 Å². The highest BCUT2D eigenvalue weighted by atomic mass is 16.5. The largest absolute Gasteiger partial charge is 0.472 e. The smallest absolute Gasteiger partial charge is 0.254 e. The molecule has 5 heteroatoms. The van der Waals surface area contributed by atoms with E-state index in [-0.39, 0.29) is 18.1 Å². The molecule has 1 fully saturated rings. The molecule has 132 valence electrons. The van der Waals surface area contributed by atoms with E-state index in [0.29, 0.717) is 31.2 Å². The molecule has 0 radical (unpaired) electrons. The number of carbonyl (C=O) groups is 1. The summed E-state index contributed by atoms with van der Waals surface area (Å²) in [7, 11) is 0. The van der Waals surface area contributed by atoms with Crippen LogP contribution < -0.4 is 4.74 Å². The Morgan fingerprint density at radius 1 is 1.32 bits per heavy atom. The lowest BCUT2D eigenvalue weighted by atomic mass is 10.1. The zero-order chi connectivity index (χ0) is 17.6. The zero-order valence-corrected chi connectivity index (χ0v) is 14.7. The summed E-state index contributed by atoms with van der Waals surface area (Å²) in [5.74, 6) is 0.457. The Balaban J connectivity index is 1.74. The summed E-state index contributed by atoms with van der Waals surface area (Å²) in [6.45, 7) is 5.91. The van der Waals surface area contributed by atoms with Gasteiger partial charge in [-0.2, -0.15) is 0 Å². The van der Waals surface area contributed by atoms with Crippen molar-refractivity contribution in [3.63, 3.8) is 0 Å². The molecule has 1 aliphatic heterocycles. The summed E-state index contributed by atoms with van der Waals surface area (Å²) in [6.07, 6.45) is 2.49. The highest BCUT2D eigenvalue weighted by Crippen LogP contribution is 2.18. The first-order valence-electron chi connectivity index (χ1n) is 8.69. The monoisotopic (exact) mass is 340 g/mol. The van der Waals surface area contributed by atoms with Gasteiger partial charge in [0.1, 0.15) is 6.10 Å². The van der Waals surface area contributed by atoms with E-state index in [1.807, 2.05) is 49.1 Å². The third-order valence-electron chi connectivity index (χ3n) is 4.24.